The van der Waals surface area contributed by atoms with Crippen molar-refractivity contribution in [2.24, 2.45) is 0 Å². The molecular formula is C14H25NO3. The van der Waals surface area contributed by atoms with Crippen molar-refractivity contribution < 1.29 is 14.2 Å². The van der Waals surface area contributed by atoms with Gasteiger partial charge in [0.25, 0.3) is 0 Å². The van der Waals surface area contributed by atoms with Crippen molar-refractivity contribution in [3.63, 3.8) is 0 Å². The summed E-state index contributed by atoms with van der Waals surface area (Å²) in [4.78, 5) is 0. The number of hydrogen-bond donors (Lipinski definition) is 0. The van der Waals surface area contributed by atoms with Crippen molar-refractivity contribution in [1.29, 1.82) is 5.26 Å². The highest BCUT2D eigenvalue weighted by molar-refractivity contribution is 4.67. The molecule has 104 valence electrons. The first-order valence-corrected chi connectivity index (χ1v) is 7.07. The van der Waals surface area contributed by atoms with E-state index in [-0.39, 0.29) is 0 Å². The summed E-state index contributed by atoms with van der Waals surface area (Å²) in [5.74, 6) is 0. The van der Waals surface area contributed by atoms with Crippen molar-refractivity contribution in [3.8, 4) is 6.07 Å². The molecule has 1 atom stereocenters. The lowest BCUT2D eigenvalue weighted by Gasteiger charge is -2.09. The van der Waals surface area contributed by atoms with E-state index in [0.29, 0.717) is 19.1 Å². The molecule has 0 spiro atoms. The summed E-state index contributed by atoms with van der Waals surface area (Å²) >= 11 is 0. The van der Waals surface area contributed by atoms with Crippen LogP contribution in [0, 0.1) is 11.3 Å². The normalized spacial score (nSPS) is 18.9. The smallest absolute Gasteiger partial charge is 0.0645 e. The van der Waals surface area contributed by atoms with Crippen LogP contribution in [0.2, 0.25) is 0 Å². The van der Waals surface area contributed by atoms with Crippen LogP contribution < -0.4 is 0 Å². The lowest BCUT2D eigenvalue weighted by Crippen LogP contribution is -2.09. The van der Waals surface area contributed by atoms with Crippen molar-refractivity contribution in [2.75, 3.05) is 33.0 Å². The molecule has 0 amide bonds. The molecular weight excluding hydrogens is 230 g/mol. The van der Waals surface area contributed by atoms with Gasteiger partial charge in [0.2, 0.25) is 0 Å². The standard InChI is InChI=1S/C14H25NO3/c15-8-5-11-16-9-2-1-3-10-17-13-7-14-6-4-12-18-14/h14H,1-7,9-13H2. The SMILES string of the molecule is N#CCCOCCCCCOCCC1CCCO1. The van der Waals surface area contributed by atoms with Gasteiger partial charge in [-0.1, -0.05) is 0 Å². The Balaban J connectivity index is 1.69. The number of unbranched alkanes of at least 4 members (excludes halogenated alkanes) is 2. The Hall–Kier alpha value is -0.630. The van der Waals surface area contributed by atoms with Crippen LogP contribution in [0.4, 0.5) is 0 Å². The largest absolute Gasteiger partial charge is 0.381 e. The van der Waals surface area contributed by atoms with Crippen LogP contribution in [0.25, 0.3) is 0 Å². The van der Waals surface area contributed by atoms with E-state index in [0.717, 1.165) is 52.1 Å². The minimum absolute atomic E-state index is 0.443. The summed E-state index contributed by atoms with van der Waals surface area (Å²) in [6, 6.07) is 2.06. The van der Waals surface area contributed by atoms with Crippen LogP contribution in [-0.4, -0.2) is 39.1 Å². The van der Waals surface area contributed by atoms with Gasteiger partial charge in [0, 0.05) is 26.4 Å². The molecule has 0 radical (unpaired) electrons. The quantitative estimate of drug-likeness (QED) is 0.533. The second-order valence-corrected chi connectivity index (χ2v) is 4.62. The van der Waals surface area contributed by atoms with E-state index in [4.69, 9.17) is 19.5 Å². The number of ether oxygens (including phenoxy) is 3. The first kappa shape index (κ1) is 15.4. The van der Waals surface area contributed by atoms with Gasteiger partial charge in [-0.15, -0.1) is 0 Å². The van der Waals surface area contributed by atoms with Gasteiger partial charge in [-0.3, -0.25) is 0 Å². The van der Waals surface area contributed by atoms with Gasteiger partial charge in [-0.05, 0) is 38.5 Å². The summed E-state index contributed by atoms with van der Waals surface area (Å²) in [5, 5.41) is 8.31. The van der Waals surface area contributed by atoms with E-state index in [1.54, 1.807) is 0 Å². The Morgan fingerprint density at radius 2 is 1.83 bits per heavy atom. The van der Waals surface area contributed by atoms with Crippen LogP contribution >= 0.6 is 0 Å². The molecule has 18 heavy (non-hydrogen) atoms. The minimum atomic E-state index is 0.443. The van der Waals surface area contributed by atoms with Gasteiger partial charge in [-0.25, -0.2) is 0 Å². The van der Waals surface area contributed by atoms with Crippen molar-refractivity contribution >= 4 is 0 Å². The summed E-state index contributed by atoms with van der Waals surface area (Å²) in [6.07, 6.45) is 7.66. The fourth-order valence-corrected chi connectivity index (χ4v) is 1.99. The third kappa shape index (κ3) is 8.46. The molecule has 1 heterocycles. The lowest BCUT2D eigenvalue weighted by molar-refractivity contribution is 0.0574. The second kappa shape index (κ2) is 11.5. The Kier molecular flexibility index (Phi) is 9.82. The van der Waals surface area contributed by atoms with Crippen molar-refractivity contribution in [3.05, 3.63) is 0 Å². The zero-order chi connectivity index (χ0) is 12.9. The predicted octanol–water partition coefficient (Wildman–Crippen LogP) is 2.67. The summed E-state index contributed by atoms with van der Waals surface area (Å²) in [6.45, 7) is 3.91. The zero-order valence-electron chi connectivity index (χ0n) is 11.2. The fraction of sp³-hybridized carbons (Fsp3) is 0.929. The van der Waals surface area contributed by atoms with Crippen molar-refractivity contribution in [1.82, 2.24) is 0 Å². The predicted molar refractivity (Wildman–Crippen MR) is 69.3 cm³/mol. The molecule has 0 bridgehead atoms. The highest BCUT2D eigenvalue weighted by Gasteiger charge is 2.14. The molecule has 1 saturated heterocycles. The Morgan fingerprint density at radius 1 is 1.06 bits per heavy atom. The lowest BCUT2D eigenvalue weighted by atomic mass is 10.2. The first-order valence-electron chi connectivity index (χ1n) is 7.07. The van der Waals surface area contributed by atoms with E-state index in [1.165, 1.54) is 12.8 Å². The number of nitrogens with zero attached hydrogens (tertiary/aromatic N) is 1. The third-order valence-corrected chi connectivity index (χ3v) is 3.04. The summed E-state index contributed by atoms with van der Waals surface area (Å²) in [7, 11) is 0. The van der Waals surface area contributed by atoms with E-state index >= 15 is 0 Å². The van der Waals surface area contributed by atoms with E-state index in [1.807, 2.05) is 0 Å². The molecule has 0 aromatic heterocycles. The minimum Gasteiger partial charge on any atom is -0.381 e. The van der Waals surface area contributed by atoms with Crippen LogP contribution in [-0.2, 0) is 14.2 Å². The highest BCUT2D eigenvalue weighted by Crippen LogP contribution is 2.14. The maximum Gasteiger partial charge on any atom is 0.0645 e. The first-order chi connectivity index (χ1) is 8.93. The molecule has 0 aliphatic carbocycles. The average Bonchev–Trinajstić information content (AvgIpc) is 2.89. The average molecular weight is 255 g/mol. The zero-order valence-corrected chi connectivity index (χ0v) is 11.2. The van der Waals surface area contributed by atoms with Crippen molar-refractivity contribution in [2.45, 2.75) is 51.0 Å². The van der Waals surface area contributed by atoms with Gasteiger partial charge in [-0.2, -0.15) is 5.26 Å². The van der Waals surface area contributed by atoms with Crippen LogP contribution in [0.15, 0.2) is 0 Å². The van der Waals surface area contributed by atoms with Crippen LogP contribution in [0.5, 0.6) is 0 Å². The summed E-state index contributed by atoms with van der Waals surface area (Å²) < 4.78 is 16.4. The topological polar surface area (TPSA) is 51.5 Å². The fourth-order valence-electron chi connectivity index (χ4n) is 1.99. The Bertz CT molecular complexity index is 222. The molecule has 4 heteroatoms. The monoisotopic (exact) mass is 255 g/mol. The van der Waals surface area contributed by atoms with E-state index in [2.05, 4.69) is 6.07 Å². The third-order valence-electron chi connectivity index (χ3n) is 3.04. The molecule has 1 rings (SSSR count). The molecule has 1 fully saturated rings. The van der Waals surface area contributed by atoms with Gasteiger partial charge >= 0.3 is 0 Å². The van der Waals surface area contributed by atoms with E-state index in [9.17, 15) is 0 Å². The van der Waals surface area contributed by atoms with Gasteiger partial charge in [0.05, 0.1) is 25.2 Å². The Morgan fingerprint density at radius 3 is 2.50 bits per heavy atom. The van der Waals surface area contributed by atoms with Crippen LogP contribution in [0.3, 0.4) is 0 Å². The molecule has 0 aromatic carbocycles. The second-order valence-electron chi connectivity index (χ2n) is 4.62. The number of hydrogen-bond acceptors (Lipinski definition) is 4. The highest BCUT2D eigenvalue weighted by atomic mass is 16.5. The van der Waals surface area contributed by atoms with E-state index < -0.39 is 0 Å². The molecule has 1 aliphatic heterocycles. The number of rotatable bonds is 11. The maximum absolute atomic E-state index is 8.31. The molecule has 1 aliphatic rings. The molecule has 1 unspecified atom stereocenters. The maximum atomic E-state index is 8.31. The Labute approximate surface area is 110 Å². The van der Waals surface area contributed by atoms with Crippen LogP contribution in [0.1, 0.15) is 44.9 Å². The molecule has 0 aromatic rings. The van der Waals surface area contributed by atoms with Gasteiger partial charge < -0.3 is 14.2 Å². The van der Waals surface area contributed by atoms with Gasteiger partial charge in [0.15, 0.2) is 0 Å². The number of nitriles is 1. The molecule has 0 N–H and O–H groups in total. The van der Waals surface area contributed by atoms with Gasteiger partial charge in [0.1, 0.15) is 0 Å². The summed E-state index contributed by atoms with van der Waals surface area (Å²) in [5.41, 5.74) is 0. The molecule has 4 nitrogen and oxygen atoms in total. The molecule has 0 saturated carbocycles.